The number of nitrogens with one attached hydrogen (secondary N) is 1. The molecule has 0 unspecified atom stereocenters. The number of halogens is 2. The lowest BCUT2D eigenvalue weighted by atomic mass is 10.2. The third kappa shape index (κ3) is 6.52. The molecule has 0 aliphatic heterocycles. The summed E-state index contributed by atoms with van der Waals surface area (Å²) in [6, 6.07) is 1.49. The molecule has 1 N–H and O–H groups in total. The van der Waals surface area contributed by atoms with Crippen molar-refractivity contribution in [1.29, 1.82) is 0 Å². The second-order valence-corrected chi connectivity index (χ2v) is 5.57. The minimum atomic E-state index is -0.685. The third-order valence-corrected chi connectivity index (χ3v) is 2.37. The van der Waals surface area contributed by atoms with Crippen LogP contribution in [0.3, 0.4) is 0 Å². The van der Waals surface area contributed by atoms with E-state index in [0.717, 1.165) is 0 Å². The van der Waals surface area contributed by atoms with Crippen LogP contribution in [0.15, 0.2) is 18.3 Å². The van der Waals surface area contributed by atoms with Gasteiger partial charge in [-0.3, -0.25) is 0 Å². The molecule has 0 fully saturated rings. The van der Waals surface area contributed by atoms with Crippen LogP contribution in [0.5, 0.6) is 0 Å². The summed E-state index contributed by atoms with van der Waals surface area (Å²) in [5.41, 5.74) is 0.199. The second-order valence-electron chi connectivity index (χ2n) is 5.16. The Bertz CT molecular complexity index is 498. The number of nitrogens with zero attached hydrogens (tertiary/aromatic N) is 1. The van der Waals surface area contributed by atoms with Crippen LogP contribution < -0.4 is 5.32 Å². The highest BCUT2D eigenvalue weighted by molar-refractivity contribution is 6.30. The molecule has 0 aliphatic rings. The first kappa shape index (κ1) is 16.4. The SMILES string of the molecule is CC(C)(C)OC(=O)NCCC=Cc1cnc(F)c(Cl)c1. The Morgan fingerprint density at radius 1 is 1.55 bits per heavy atom. The van der Waals surface area contributed by atoms with Crippen molar-refractivity contribution in [1.82, 2.24) is 10.3 Å². The van der Waals surface area contributed by atoms with E-state index < -0.39 is 17.6 Å². The van der Waals surface area contributed by atoms with Crippen molar-refractivity contribution in [3.8, 4) is 0 Å². The molecule has 1 rings (SSSR count). The Kier molecular flexibility index (Phi) is 5.95. The largest absolute Gasteiger partial charge is 0.444 e. The molecule has 1 amide bonds. The molecule has 0 saturated carbocycles. The summed E-state index contributed by atoms with van der Waals surface area (Å²) in [6.45, 7) is 5.86. The summed E-state index contributed by atoms with van der Waals surface area (Å²) in [4.78, 5) is 14.9. The zero-order valence-electron chi connectivity index (χ0n) is 11.7. The van der Waals surface area contributed by atoms with Crippen molar-refractivity contribution in [3.63, 3.8) is 0 Å². The van der Waals surface area contributed by atoms with Gasteiger partial charge in [0.05, 0.1) is 5.02 Å². The normalized spacial score (nSPS) is 11.7. The van der Waals surface area contributed by atoms with Gasteiger partial charge in [0, 0.05) is 12.7 Å². The van der Waals surface area contributed by atoms with E-state index in [4.69, 9.17) is 16.3 Å². The zero-order chi connectivity index (χ0) is 15.2. The second kappa shape index (κ2) is 7.24. The molecule has 0 radical (unpaired) electrons. The lowest BCUT2D eigenvalue weighted by molar-refractivity contribution is 0.0529. The molecule has 0 bridgehead atoms. The van der Waals surface area contributed by atoms with Crippen molar-refractivity contribution in [2.24, 2.45) is 0 Å². The number of rotatable bonds is 4. The monoisotopic (exact) mass is 300 g/mol. The summed E-state index contributed by atoms with van der Waals surface area (Å²) < 4.78 is 17.9. The van der Waals surface area contributed by atoms with Gasteiger partial charge in [0.1, 0.15) is 5.60 Å². The number of amides is 1. The smallest absolute Gasteiger partial charge is 0.407 e. The van der Waals surface area contributed by atoms with Gasteiger partial charge < -0.3 is 10.1 Å². The Balaban J connectivity index is 2.32. The van der Waals surface area contributed by atoms with Gasteiger partial charge >= 0.3 is 6.09 Å². The molecule has 20 heavy (non-hydrogen) atoms. The fraction of sp³-hybridized carbons (Fsp3) is 0.429. The molecule has 1 heterocycles. The molecule has 0 aromatic carbocycles. The van der Waals surface area contributed by atoms with Crippen molar-refractivity contribution >= 4 is 23.8 Å². The average molecular weight is 301 g/mol. The minimum absolute atomic E-state index is 0.0148. The highest BCUT2D eigenvalue weighted by Gasteiger charge is 2.15. The molecule has 0 spiro atoms. The number of carbonyl (C=O) groups excluding carboxylic acids is 1. The van der Waals surface area contributed by atoms with Crippen molar-refractivity contribution < 1.29 is 13.9 Å². The number of pyridine rings is 1. The molecule has 0 saturated heterocycles. The fourth-order valence-electron chi connectivity index (χ4n) is 1.32. The fourth-order valence-corrected chi connectivity index (χ4v) is 1.49. The molecular formula is C14H18ClFN2O2. The maximum atomic E-state index is 12.8. The van der Waals surface area contributed by atoms with Gasteiger partial charge in [-0.2, -0.15) is 4.39 Å². The first-order chi connectivity index (χ1) is 9.28. The van der Waals surface area contributed by atoms with Gasteiger partial charge in [0.25, 0.3) is 0 Å². The number of aromatic nitrogens is 1. The average Bonchev–Trinajstić information content (AvgIpc) is 2.31. The van der Waals surface area contributed by atoms with Crippen LogP contribution in [-0.4, -0.2) is 23.2 Å². The Labute approximate surface area is 123 Å². The Morgan fingerprint density at radius 2 is 2.25 bits per heavy atom. The first-order valence-electron chi connectivity index (χ1n) is 6.22. The number of carbonyl (C=O) groups is 1. The molecule has 1 aromatic heterocycles. The number of ether oxygens (including phenoxy) is 1. The summed E-state index contributed by atoms with van der Waals surface area (Å²) in [7, 11) is 0. The minimum Gasteiger partial charge on any atom is -0.444 e. The van der Waals surface area contributed by atoms with Gasteiger partial charge in [-0.1, -0.05) is 23.8 Å². The molecule has 110 valence electrons. The topological polar surface area (TPSA) is 51.2 Å². The van der Waals surface area contributed by atoms with E-state index in [1.807, 2.05) is 6.08 Å². The lowest BCUT2D eigenvalue weighted by Gasteiger charge is -2.19. The van der Waals surface area contributed by atoms with Gasteiger partial charge in [-0.25, -0.2) is 9.78 Å². The highest BCUT2D eigenvalue weighted by atomic mass is 35.5. The molecular weight excluding hydrogens is 283 g/mol. The van der Waals surface area contributed by atoms with Crippen LogP contribution in [0.25, 0.3) is 6.08 Å². The first-order valence-corrected chi connectivity index (χ1v) is 6.60. The number of hydrogen-bond acceptors (Lipinski definition) is 3. The maximum absolute atomic E-state index is 12.8. The summed E-state index contributed by atoms with van der Waals surface area (Å²) in [5.74, 6) is -0.685. The standard InChI is InChI=1S/C14H18ClFN2O2/c1-14(2,3)20-13(19)17-7-5-4-6-10-8-11(15)12(16)18-9-10/h4,6,8-9H,5,7H2,1-3H3,(H,17,19). The summed E-state index contributed by atoms with van der Waals surface area (Å²) in [6.07, 6.45) is 5.16. The Hall–Kier alpha value is -1.62. The molecule has 6 heteroatoms. The van der Waals surface area contributed by atoms with Gasteiger partial charge in [0.2, 0.25) is 5.95 Å². The van der Waals surface area contributed by atoms with E-state index in [9.17, 15) is 9.18 Å². The van der Waals surface area contributed by atoms with Crippen LogP contribution in [0.1, 0.15) is 32.8 Å². The van der Waals surface area contributed by atoms with Crippen molar-refractivity contribution in [2.45, 2.75) is 32.8 Å². The van der Waals surface area contributed by atoms with E-state index in [-0.39, 0.29) is 5.02 Å². The predicted molar refractivity (Wildman–Crippen MR) is 77.1 cm³/mol. The van der Waals surface area contributed by atoms with Gasteiger partial charge in [0.15, 0.2) is 0 Å². The molecule has 1 aromatic rings. The molecule has 0 aliphatic carbocycles. The summed E-state index contributed by atoms with van der Waals surface area (Å²) >= 11 is 5.61. The van der Waals surface area contributed by atoms with E-state index in [0.29, 0.717) is 18.5 Å². The Morgan fingerprint density at radius 3 is 2.85 bits per heavy atom. The highest BCUT2D eigenvalue weighted by Crippen LogP contribution is 2.14. The molecule has 4 nitrogen and oxygen atoms in total. The van der Waals surface area contributed by atoms with E-state index >= 15 is 0 Å². The summed E-state index contributed by atoms with van der Waals surface area (Å²) in [5, 5.41) is 2.62. The van der Waals surface area contributed by atoms with Gasteiger partial charge in [-0.15, -0.1) is 0 Å². The van der Waals surface area contributed by atoms with E-state index in [1.165, 1.54) is 12.3 Å². The molecule has 0 atom stereocenters. The number of alkyl carbamates (subject to hydrolysis) is 1. The zero-order valence-corrected chi connectivity index (χ0v) is 12.5. The van der Waals surface area contributed by atoms with Crippen LogP contribution in [0.2, 0.25) is 5.02 Å². The van der Waals surface area contributed by atoms with Crippen LogP contribution in [0.4, 0.5) is 9.18 Å². The van der Waals surface area contributed by atoms with E-state index in [1.54, 1.807) is 26.8 Å². The van der Waals surface area contributed by atoms with Crippen molar-refractivity contribution in [2.75, 3.05) is 6.54 Å². The predicted octanol–water partition coefficient (Wildman–Crippen LogP) is 3.80. The van der Waals surface area contributed by atoms with Crippen LogP contribution in [-0.2, 0) is 4.74 Å². The van der Waals surface area contributed by atoms with Crippen LogP contribution in [0, 0.1) is 5.95 Å². The van der Waals surface area contributed by atoms with Gasteiger partial charge in [-0.05, 0) is 38.8 Å². The maximum Gasteiger partial charge on any atom is 0.407 e. The van der Waals surface area contributed by atoms with Crippen LogP contribution >= 0.6 is 11.6 Å². The van der Waals surface area contributed by atoms with Crippen molar-refractivity contribution in [3.05, 3.63) is 34.9 Å². The number of hydrogen-bond donors (Lipinski definition) is 1. The van der Waals surface area contributed by atoms with E-state index in [2.05, 4.69) is 10.3 Å². The third-order valence-electron chi connectivity index (χ3n) is 2.11. The quantitative estimate of drug-likeness (QED) is 0.679. The lowest BCUT2D eigenvalue weighted by Crippen LogP contribution is -2.32.